The van der Waals surface area contributed by atoms with Crippen LogP contribution in [0, 0.1) is 5.82 Å². The molecule has 0 fully saturated rings. The second kappa shape index (κ2) is 8.11. The highest BCUT2D eigenvalue weighted by molar-refractivity contribution is 7.90. The first-order valence-electron chi connectivity index (χ1n) is 8.24. The first-order valence-corrected chi connectivity index (χ1v) is 10.5. The van der Waals surface area contributed by atoms with Gasteiger partial charge in [-0.15, -0.1) is 4.40 Å². The van der Waals surface area contributed by atoms with E-state index in [0.29, 0.717) is 10.4 Å². The Hall–Kier alpha value is -2.72. The van der Waals surface area contributed by atoms with Crippen molar-refractivity contribution in [1.82, 2.24) is 4.57 Å². The van der Waals surface area contributed by atoms with Crippen molar-refractivity contribution in [3.05, 3.63) is 53.1 Å². The van der Waals surface area contributed by atoms with E-state index in [4.69, 9.17) is 9.47 Å². The molecule has 0 saturated heterocycles. The monoisotopic (exact) mass is 424 g/mol. The van der Waals surface area contributed by atoms with Gasteiger partial charge >= 0.3 is 5.97 Å². The second-order valence-electron chi connectivity index (χ2n) is 5.60. The van der Waals surface area contributed by atoms with Gasteiger partial charge in [-0.3, -0.25) is 4.79 Å². The van der Waals surface area contributed by atoms with Gasteiger partial charge in [-0.05, 0) is 43.3 Å². The first kappa shape index (κ1) is 20.0. The fourth-order valence-electron chi connectivity index (χ4n) is 2.54. The molecule has 3 aromatic rings. The van der Waals surface area contributed by atoms with E-state index in [9.17, 15) is 17.6 Å². The van der Waals surface area contributed by atoms with Crippen LogP contribution < -0.4 is 9.54 Å². The number of hydrogen-bond acceptors (Lipinski definition) is 6. The topological polar surface area (TPSA) is 87.0 Å². The molecule has 1 heterocycles. The highest BCUT2D eigenvalue weighted by Crippen LogP contribution is 2.22. The molecule has 0 aliphatic heterocycles. The zero-order valence-electron chi connectivity index (χ0n) is 15.1. The lowest BCUT2D eigenvalue weighted by atomic mass is 10.3. The van der Waals surface area contributed by atoms with Crippen LogP contribution in [0.5, 0.6) is 5.75 Å². The van der Waals surface area contributed by atoms with E-state index in [1.54, 1.807) is 13.0 Å². The minimum absolute atomic E-state index is 0.0241. The number of fused-ring (bicyclic) bond motifs is 1. The third kappa shape index (κ3) is 4.07. The summed E-state index contributed by atoms with van der Waals surface area (Å²) in [5.41, 5.74) is 0.101. The maximum atomic E-state index is 14.4. The van der Waals surface area contributed by atoms with Crippen LogP contribution in [0.15, 0.2) is 51.8 Å². The smallest absolute Gasteiger partial charge is 0.326 e. The van der Waals surface area contributed by atoms with Crippen LogP contribution >= 0.6 is 11.3 Å². The molecular formula is C18H17FN2O5S2. The summed E-state index contributed by atoms with van der Waals surface area (Å²) in [7, 11) is -2.61. The van der Waals surface area contributed by atoms with Gasteiger partial charge in [-0.2, -0.15) is 8.42 Å². The summed E-state index contributed by atoms with van der Waals surface area (Å²) in [5, 5.41) is 0. The fourth-order valence-corrected chi connectivity index (χ4v) is 4.79. The number of benzene rings is 2. The fraction of sp³-hybridized carbons (Fsp3) is 0.222. The van der Waals surface area contributed by atoms with Crippen LogP contribution in [-0.4, -0.2) is 32.7 Å². The number of aromatic nitrogens is 1. The van der Waals surface area contributed by atoms with E-state index in [1.165, 1.54) is 48.1 Å². The molecule has 0 amide bonds. The van der Waals surface area contributed by atoms with E-state index in [0.717, 1.165) is 11.3 Å². The maximum absolute atomic E-state index is 14.4. The number of ether oxygens (including phenoxy) is 2. The molecule has 1 aromatic heterocycles. The van der Waals surface area contributed by atoms with Gasteiger partial charge in [-0.1, -0.05) is 17.4 Å². The summed E-state index contributed by atoms with van der Waals surface area (Å²) in [6.07, 6.45) is 0. The highest BCUT2D eigenvalue weighted by atomic mass is 32.2. The molecule has 10 heteroatoms. The molecule has 148 valence electrons. The highest BCUT2D eigenvalue weighted by Gasteiger charge is 2.18. The van der Waals surface area contributed by atoms with Crippen molar-refractivity contribution in [3.63, 3.8) is 0 Å². The standard InChI is InChI=1S/C18H17FN2O5S2/c1-3-26-16(22)11-21-17-14(19)5-4-6-15(17)27-18(21)20-28(23,24)13-9-7-12(25-2)8-10-13/h4-10H,3,11H2,1-2H3/b20-18-. The van der Waals surface area contributed by atoms with E-state index in [2.05, 4.69) is 4.40 Å². The largest absolute Gasteiger partial charge is 0.497 e. The Morgan fingerprint density at radius 1 is 1.21 bits per heavy atom. The Bertz CT molecular complexity index is 1180. The molecule has 3 rings (SSSR count). The predicted molar refractivity (Wildman–Crippen MR) is 102 cm³/mol. The maximum Gasteiger partial charge on any atom is 0.326 e. The van der Waals surface area contributed by atoms with Crippen molar-refractivity contribution in [3.8, 4) is 5.75 Å². The number of esters is 1. The summed E-state index contributed by atoms with van der Waals surface area (Å²) in [6, 6.07) is 10.1. The van der Waals surface area contributed by atoms with Crippen LogP contribution in [0.4, 0.5) is 4.39 Å². The Morgan fingerprint density at radius 3 is 2.57 bits per heavy atom. The van der Waals surface area contributed by atoms with Crippen molar-refractivity contribution < 1.29 is 27.1 Å². The second-order valence-corrected chi connectivity index (χ2v) is 8.22. The zero-order chi connectivity index (χ0) is 20.3. The van der Waals surface area contributed by atoms with Gasteiger partial charge in [-0.25, -0.2) is 4.39 Å². The Balaban J connectivity index is 2.17. The lowest BCUT2D eigenvalue weighted by Crippen LogP contribution is -2.23. The van der Waals surface area contributed by atoms with Gasteiger partial charge in [0.1, 0.15) is 18.1 Å². The summed E-state index contributed by atoms with van der Waals surface area (Å²) < 4.78 is 55.2. The predicted octanol–water partition coefficient (Wildman–Crippen LogP) is 2.70. The Labute approximate surface area is 164 Å². The van der Waals surface area contributed by atoms with Gasteiger partial charge in [0.2, 0.25) is 4.80 Å². The van der Waals surface area contributed by atoms with E-state index in [1.807, 2.05) is 0 Å². The average molecular weight is 424 g/mol. The summed E-state index contributed by atoms with van der Waals surface area (Å²) >= 11 is 0.972. The van der Waals surface area contributed by atoms with Crippen molar-refractivity contribution in [1.29, 1.82) is 0 Å². The first-order chi connectivity index (χ1) is 13.4. The molecule has 28 heavy (non-hydrogen) atoms. The van der Waals surface area contributed by atoms with Crippen LogP contribution in [0.3, 0.4) is 0 Å². The lowest BCUT2D eigenvalue weighted by molar-refractivity contribution is -0.143. The molecule has 0 saturated carbocycles. The summed E-state index contributed by atoms with van der Waals surface area (Å²) in [6.45, 7) is 1.45. The Kier molecular flexibility index (Phi) is 5.80. The number of hydrogen-bond donors (Lipinski definition) is 0. The quantitative estimate of drug-likeness (QED) is 0.568. The molecule has 0 N–H and O–H groups in total. The van der Waals surface area contributed by atoms with Gasteiger partial charge < -0.3 is 14.0 Å². The molecule has 7 nitrogen and oxygen atoms in total. The third-order valence-corrected chi connectivity index (χ3v) is 6.24. The van der Waals surface area contributed by atoms with Crippen molar-refractivity contribution in [2.45, 2.75) is 18.4 Å². The normalized spacial score (nSPS) is 12.3. The Morgan fingerprint density at radius 2 is 1.93 bits per heavy atom. The number of halogens is 1. The van der Waals surface area contributed by atoms with Gasteiger partial charge in [0.15, 0.2) is 0 Å². The molecule has 0 aliphatic rings. The van der Waals surface area contributed by atoms with Crippen molar-refractivity contribution in [2.24, 2.45) is 4.40 Å². The van der Waals surface area contributed by atoms with Gasteiger partial charge in [0.05, 0.1) is 28.8 Å². The van der Waals surface area contributed by atoms with Crippen LogP contribution in [0.25, 0.3) is 10.2 Å². The average Bonchev–Trinajstić information content (AvgIpc) is 2.99. The van der Waals surface area contributed by atoms with E-state index < -0.39 is 21.8 Å². The molecule has 0 unspecified atom stereocenters. The van der Waals surface area contributed by atoms with E-state index in [-0.39, 0.29) is 28.4 Å². The molecule has 0 spiro atoms. The van der Waals surface area contributed by atoms with E-state index >= 15 is 0 Å². The SMILES string of the molecule is CCOC(=O)Cn1/c(=N/S(=O)(=O)c2ccc(OC)cc2)sc2cccc(F)c21. The minimum Gasteiger partial charge on any atom is -0.497 e. The summed E-state index contributed by atoms with van der Waals surface area (Å²) in [4.78, 5) is 11.9. The number of methoxy groups -OCH3 is 1. The number of para-hydroxylation sites is 1. The molecule has 0 aliphatic carbocycles. The summed E-state index contributed by atoms with van der Waals surface area (Å²) in [5.74, 6) is -0.699. The van der Waals surface area contributed by atoms with Crippen molar-refractivity contribution in [2.75, 3.05) is 13.7 Å². The minimum atomic E-state index is -4.08. The van der Waals surface area contributed by atoms with Crippen LogP contribution in [0.2, 0.25) is 0 Å². The number of carbonyl (C=O) groups excluding carboxylic acids is 1. The molecule has 0 atom stereocenters. The number of nitrogens with zero attached hydrogens (tertiary/aromatic N) is 2. The number of sulfonamides is 1. The lowest BCUT2D eigenvalue weighted by Gasteiger charge is -2.06. The molecular weight excluding hydrogens is 407 g/mol. The van der Waals surface area contributed by atoms with Crippen molar-refractivity contribution >= 4 is 37.5 Å². The third-order valence-electron chi connectivity index (χ3n) is 3.80. The number of carbonyl (C=O) groups is 1. The van der Waals surface area contributed by atoms with Crippen LogP contribution in [0.1, 0.15) is 6.92 Å². The number of thiazole rings is 1. The number of rotatable bonds is 6. The molecule has 2 aromatic carbocycles. The zero-order valence-corrected chi connectivity index (χ0v) is 16.7. The van der Waals surface area contributed by atoms with Gasteiger partial charge in [0.25, 0.3) is 10.0 Å². The molecule has 0 radical (unpaired) electrons. The molecule has 0 bridgehead atoms. The van der Waals surface area contributed by atoms with Gasteiger partial charge in [0, 0.05) is 0 Å². The van der Waals surface area contributed by atoms with Crippen LogP contribution in [-0.2, 0) is 26.1 Å².